The number of carbonyl (C=O) groups is 1. The van der Waals surface area contributed by atoms with Crippen molar-refractivity contribution in [2.24, 2.45) is 0 Å². The van der Waals surface area contributed by atoms with E-state index in [1.807, 2.05) is 0 Å². The third-order valence-electron chi connectivity index (χ3n) is 5.09. The number of benzene rings is 1. The summed E-state index contributed by atoms with van der Waals surface area (Å²) in [5, 5.41) is 16.7. The number of aryl methyl sites for hydroxylation is 1. The SMILES string of the molecule is Cc1ncc([C@@](C)([C@@H](C)NC(=O)C(C)(F)F)n2ncc3cc(C#N)ccc32)cn1. The van der Waals surface area contributed by atoms with Crippen LogP contribution in [-0.2, 0) is 10.3 Å². The first kappa shape index (κ1) is 20.3. The molecule has 2 heterocycles. The third kappa shape index (κ3) is 3.66. The van der Waals surface area contributed by atoms with Gasteiger partial charge in [0.15, 0.2) is 0 Å². The first-order valence-corrected chi connectivity index (χ1v) is 8.93. The van der Waals surface area contributed by atoms with Crippen LogP contribution in [0.5, 0.6) is 0 Å². The van der Waals surface area contributed by atoms with Crippen LogP contribution in [0.1, 0.15) is 37.7 Å². The van der Waals surface area contributed by atoms with Gasteiger partial charge >= 0.3 is 5.92 Å². The van der Waals surface area contributed by atoms with E-state index in [1.54, 1.807) is 62.2 Å². The van der Waals surface area contributed by atoms with E-state index < -0.39 is 23.4 Å². The molecule has 1 N–H and O–H groups in total. The highest BCUT2D eigenvalue weighted by Gasteiger charge is 2.42. The number of nitrogens with one attached hydrogen (secondary N) is 1. The molecule has 0 unspecified atom stereocenters. The lowest BCUT2D eigenvalue weighted by Crippen LogP contribution is -2.54. The van der Waals surface area contributed by atoms with Crippen LogP contribution in [0.3, 0.4) is 0 Å². The van der Waals surface area contributed by atoms with Crippen molar-refractivity contribution in [1.82, 2.24) is 25.1 Å². The maximum atomic E-state index is 13.5. The summed E-state index contributed by atoms with van der Waals surface area (Å²) in [6.07, 6.45) is 4.77. The largest absolute Gasteiger partial charge is 0.346 e. The molecule has 7 nitrogen and oxygen atoms in total. The molecular weight excluding hydrogens is 378 g/mol. The van der Waals surface area contributed by atoms with E-state index >= 15 is 0 Å². The number of amides is 1. The van der Waals surface area contributed by atoms with Gasteiger partial charge in [0.05, 0.1) is 29.4 Å². The van der Waals surface area contributed by atoms with E-state index in [4.69, 9.17) is 5.26 Å². The predicted octanol–water partition coefficient (Wildman–Crippen LogP) is 2.93. The minimum Gasteiger partial charge on any atom is -0.346 e. The number of alkyl halides is 2. The maximum absolute atomic E-state index is 13.5. The zero-order valence-electron chi connectivity index (χ0n) is 16.4. The van der Waals surface area contributed by atoms with Crippen molar-refractivity contribution < 1.29 is 13.6 Å². The highest BCUT2D eigenvalue weighted by atomic mass is 19.3. The van der Waals surface area contributed by atoms with Gasteiger partial charge in [0.2, 0.25) is 0 Å². The van der Waals surface area contributed by atoms with Crippen LogP contribution in [0.15, 0.2) is 36.8 Å². The quantitative estimate of drug-likeness (QED) is 0.713. The van der Waals surface area contributed by atoms with Crippen LogP contribution in [0, 0.1) is 18.3 Å². The second-order valence-electron chi connectivity index (χ2n) is 7.19. The van der Waals surface area contributed by atoms with Gasteiger partial charge in [0.25, 0.3) is 5.91 Å². The minimum absolute atomic E-state index is 0.476. The third-order valence-corrected chi connectivity index (χ3v) is 5.09. The molecule has 1 amide bonds. The van der Waals surface area contributed by atoms with Gasteiger partial charge in [-0.2, -0.15) is 19.1 Å². The fraction of sp³-hybridized carbons (Fsp3) is 0.350. The molecule has 2 atom stereocenters. The first-order valence-electron chi connectivity index (χ1n) is 8.93. The van der Waals surface area contributed by atoms with Crippen LogP contribution < -0.4 is 5.32 Å². The van der Waals surface area contributed by atoms with Crippen LogP contribution in [-0.4, -0.2) is 37.6 Å². The number of hydrogen-bond acceptors (Lipinski definition) is 5. The minimum atomic E-state index is -3.52. The highest BCUT2D eigenvalue weighted by molar-refractivity contribution is 5.83. The zero-order valence-corrected chi connectivity index (χ0v) is 16.4. The number of halogens is 2. The Morgan fingerprint density at radius 3 is 2.48 bits per heavy atom. The van der Waals surface area contributed by atoms with Gasteiger partial charge in [-0.3, -0.25) is 9.48 Å². The lowest BCUT2D eigenvalue weighted by Gasteiger charge is -2.37. The Morgan fingerprint density at radius 2 is 1.90 bits per heavy atom. The fourth-order valence-corrected chi connectivity index (χ4v) is 3.15. The van der Waals surface area contributed by atoms with Gasteiger partial charge < -0.3 is 5.32 Å². The molecule has 1 aromatic carbocycles. The topological polar surface area (TPSA) is 96.5 Å². The summed E-state index contributed by atoms with van der Waals surface area (Å²) < 4.78 is 28.7. The highest BCUT2D eigenvalue weighted by Crippen LogP contribution is 2.33. The van der Waals surface area contributed by atoms with Gasteiger partial charge in [-0.15, -0.1) is 0 Å². The Bertz CT molecular complexity index is 1100. The molecule has 0 fully saturated rings. The lowest BCUT2D eigenvalue weighted by molar-refractivity contribution is -0.144. The van der Waals surface area contributed by atoms with Gasteiger partial charge in [-0.05, 0) is 39.0 Å². The second kappa shape index (κ2) is 7.20. The predicted molar refractivity (Wildman–Crippen MR) is 102 cm³/mol. The van der Waals surface area contributed by atoms with Crippen LogP contribution >= 0.6 is 0 Å². The second-order valence-corrected chi connectivity index (χ2v) is 7.19. The van der Waals surface area contributed by atoms with E-state index in [0.717, 1.165) is 0 Å². The Hall–Kier alpha value is -3.41. The van der Waals surface area contributed by atoms with Crippen molar-refractivity contribution in [2.45, 2.75) is 45.2 Å². The Balaban J connectivity index is 2.17. The molecule has 150 valence electrons. The molecule has 29 heavy (non-hydrogen) atoms. The number of nitriles is 1. The molecule has 0 aliphatic heterocycles. The standard InChI is InChI=1S/C20H20F2N6O/c1-12(27-18(29)20(4,21)22)19(3,16-10-24-13(2)25-11-16)28-17-6-5-14(8-23)7-15(17)9-26-28/h5-7,9-12H,1-4H3,(H,27,29)/t12-,19-/m1/s1. The Kier molecular flexibility index (Phi) is 5.05. The van der Waals surface area contributed by atoms with Gasteiger partial charge in [0.1, 0.15) is 11.4 Å². The molecule has 0 saturated heterocycles. The Morgan fingerprint density at radius 1 is 1.24 bits per heavy atom. The number of hydrogen-bond donors (Lipinski definition) is 1. The zero-order chi connectivity index (χ0) is 21.4. The first-order chi connectivity index (χ1) is 13.6. The van der Waals surface area contributed by atoms with Crippen molar-refractivity contribution in [3.8, 4) is 6.07 Å². The normalized spacial score (nSPS) is 14.8. The average Bonchev–Trinajstić information content (AvgIpc) is 3.10. The Labute approximate surface area is 166 Å². The average molecular weight is 398 g/mol. The number of nitrogens with zero attached hydrogens (tertiary/aromatic N) is 5. The molecular formula is C20H20F2N6O. The van der Waals surface area contributed by atoms with Crippen molar-refractivity contribution in [3.05, 3.63) is 53.7 Å². The van der Waals surface area contributed by atoms with E-state index in [1.165, 1.54) is 0 Å². The fourth-order valence-electron chi connectivity index (χ4n) is 3.15. The van der Waals surface area contributed by atoms with Gasteiger partial charge in [-0.25, -0.2) is 9.97 Å². The van der Waals surface area contributed by atoms with Crippen molar-refractivity contribution in [1.29, 1.82) is 5.26 Å². The number of fused-ring (bicyclic) bond motifs is 1. The van der Waals surface area contributed by atoms with Crippen LogP contribution in [0.2, 0.25) is 0 Å². The van der Waals surface area contributed by atoms with Crippen LogP contribution in [0.25, 0.3) is 10.9 Å². The molecule has 0 spiro atoms. The van der Waals surface area contributed by atoms with Crippen molar-refractivity contribution in [3.63, 3.8) is 0 Å². The van der Waals surface area contributed by atoms with Gasteiger partial charge in [0, 0.05) is 30.3 Å². The molecule has 0 aliphatic rings. The van der Waals surface area contributed by atoms with Crippen LogP contribution in [0.4, 0.5) is 8.78 Å². The summed E-state index contributed by atoms with van der Waals surface area (Å²) in [4.78, 5) is 20.4. The summed E-state index contributed by atoms with van der Waals surface area (Å²) in [7, 11) is 0. The van der Waals surface area contributed by atoms with E-state index in [0.29, 0.717) is 34.8 Å². The number of carbonyl (C=O) groups excluding carboxylic acids is 1. The molecule has 3 rings (SSSR count). The van der Waals surface area contributed by atoms with E-state index in [-0.39, 0.29) is 0 Å². The maximum Gasteiger partial charge on any atom is 0.321 e. The molecule has 0 radical (unpaired) electrons. The summed E-state index contributed by atoms with van der Waals surface area (Å²) in [5.74, 6) is -4.35. The monoisotopic (exact) mass is 398 g/mol. The summed E-state index contributed by atoms with van der Waals surface area (Å²) >= 11 is 0. The molecule has 0 bridgehead atoms. The molecule has 2 aromatic heterocycles. The molecule has 0 saturated carbocycles. The van der Waals surface area contributed by atoms with E-state index in [2.05, 4.69) is 26.5 Å². The smallest absolute Gasteiger partial charge is 0.321 e. The summed E-state index contributed by atoms with van der Waals surface area (Å²) in [5.41, 5.74) is 0.662. The van der Waals surface area contributed by atoms with E-state index in [9.17, 15) is 13.6 Å². The summed E-state index contributed by atoms with van der Waals surface area (Å²) in [6, 6.07) is 6.36. The molecule has 3 aromatic rings. The van der Waals surface area contributed by atoms with Crippen molar-refractivity contribution >= 4 is 16.8 Å². The molecule has 0 aliphatic carbocycles. The summed E-state index contributed by atoms with van der Waals surface area (Å²) in [6.45, 7) is 5.68. The lowest BCUT2D eigenvalue weighted by atomic mass is 9.86. The van der Waals surface area contributed by atoms with Crippen molar-refractivity contribution in [2.75, 3.05) is 0 Å². The number of rotatable bonds is 5. The molecule has 9 heteroatoms. The van der Waals surface area contributed by atoms with Gasteiger partial charge in [-0.1, -0.05) is 0 Å². The number of aromatic nitrogens is 4.